The SMILES string of the molecule is O=C(c1sccc1Cl)N1CCC(N2C(=O)O[C@@H]3Cc4ccccc4[C@@H]32)CC1. The first-order valence-corrected chi connectivity index (χ1v) is 10.5. The number of thiophene rings is 1. The minimum absolute atomic E-state index is 0.00712. The molecule has 5 rings (SSSR count). The third kappa shape index (κ3) is 2.74. The standard InChI is InChI=1S/C20H19ClN2O3S/c21-15-7-10-27-18(15)19(24)22-8-5-13(6-9-22)23-17-14-4-2-1-3-12(14)11-16(17)26-20(23)25/h1-4,7,10,13,16-17H,5-6,8-9,11H2/t16-,17+/m1/s1. The lowest BCUT2D eigenvalue weighted by Crippen LogP contribution is -2.47. The molecule has 2 atom stereocenters. The zero-order chi connectivity index (χ0) is 18.5. The lowest BCUT2D eigenvalue weighted by molar-refractivity contribution is 0.0640. The van der Waals surface area contributed by atoms with Crippen LogP contribution in [0.3, 0.4) is 0 Å². The molecule has 2 aromatic rings. The molecule has 2 fully saturated rings. The fourth-order valence-corrected chi connectivity index (χ4v) is 5.69. The molecule has 2 saturated heterocycles. The molecule has 1 aromatic carbocycles. The molecule has 2 amide bonds. The topological polar surface area (TPSA) is 49.9 Å². The summed E-state index contributed by atoms with van der Waals surface area (Å²) < 4.78 is 5.67. The molecule has 5 nitrogen and oxygen atoms in total. The Bertz CT molecular complexity index is 906. The molecular formula is C20H19ClN2O3S. The van der Waals surface area contributed by atoms with Gasteiger partial charge in [0.25, 0.3) is 5.91 Å². The highest BCUT2D eigenvalue weighted by atomic mass is 35.5. The van der Waals surface area contributed by atoms with Crippen LogP contribution < -0.4 is 0 Å². The summed E-state index contributed by atoms with van der Waals surface area (Å²) in [5.74, 6) is -0.0125. The number of rotatable bonds is 2. The highest BCUT2D eigenvalue weighted by Gasteiger charge is 2.50. The highest BCUT2D eigenvalue weighted by molar-refractivity contribution is 7.12. The minimum Gasteiger partial charge on any atom is -0.443 e. The van der Waals surface area contributed by atoms with Gasteiger partial charge in [-0.2, -0.15) is 0 Å². The molecule has 2 aliphatic heterocycles. The number of nitrogens with zero attached hydrogens (tertiary/aromatic N) is 2. The number of fused-ring (bicyclic) bond motifs is 3. The Labute approximate surface area is 166 Å². The third-order valence-corrected chi connectivity index (χ3v) is 7.20. The van der Waals surface area contributed by atoms with Gasteiger partial charge in [-0.3, -0.25) is 9.69 Å². The molecule has 1 aliphatic carbocycles. The fourth-order valence-electron chi connectivity index (χ4n) is 4.59. The summed E-state index contributed by atoms with van der Waals surface area (Å²) in [6.07, 6.45) is 2.01. The first kappa shape index (κ1) is 17.1. The number of ether oxygens (including phenoxy) is 1. The lowest BCUT2D eigenvalue weighted by Gasteiger charge is -2.37. The summed E-state index contributed by atoms with van der Waals surface area (Å²) in [6, 6.07) is 10.1. The van der Waals surface area contributed by atoms with E-state index in [0.717, 1.165) is 19.3 Å². The van der Waals surface area contributed by atoms with Crippen molar-refractivity contribution in [3.8, 4) is 0 Å². The number of carbonyl (C=O) groups is 2. The zero-order valence-electron chi connectivity index (χ0n) is 14.6. The lowest BCUT2D eigenvalue weighted by atomic mass is 9.99. The van der Waals surface area contributed by atoms with E-state index in [0.29, 0.717) is 23.0 Å². The van der Waals surface area contributed by atoms with Crippen molar-refractivity contribution in [1.82, 2.24) is 9.80 Å². The first-order chi connectivity index (χ1) is 13.1. The fraction of sp³-hybridized carbons (Fsp3) is 0.400. The van der Waals surface area contributed by atoms with Crippen LogP contribution in [0.15, 0.2) is 35.7 Å². The first-order valence-electron chi connectivity index (χ1n) is 9.22. The molecule has 140 valence electrons. The Balaban J connectivity index is 1.32. The predicted molar refractivity (Wildman–Crippen MR) is 103 cm³/mol. The van der Waals surface area contributed by atoms with Crippen LogP contribution >= 0.6 is 22.9 Å². The van der Waals surface area contributed by atoms with Gasteiger partial charge in [-0.25, -0.2) is 4.79 Å². The van der Waals surface area contributed by atoms with Gasteiger partial charge in [0.15, 0.2) is 0 Å². The van der Waals surface area contributed by atoms with E-state index in [1.165, 1.54) is 22.5 Å². The van der Waals surface area contributed by atoms with Crippen molar-refractivity contribution in [2.45, 2.75) is 37.5 Å². The Morgan fingerprint density at radius 1 is 1.19 bits per heavy atom. The summed E-state index contributed by atoms with van der Waals surface area (Å²) in [4.78, 5) is 29.6. The quantitative estimate of drug-likeness (QED) is 0.759. The molecule has 0 unspecified atom stereocenters. The van der Waals surface area contributed by atoms with Crippen molar-refractivity contribution in [2.75, 3.05) is 13.1 Å². The van der Waals surface area contributed by atoms with Gasteiger partial charge in [0.05, 0.1) is 11.1 Å². The molecule has 0 radical (unpaired) electrons. The van der Waals surface area contributed by atoms with E-state index in [1.54, 1.807) is 6.07 Å². The second-order valence-corrected chi connectivity index (χ2v) is 8.62. The molecule has 0 saturated carbocycles. The smallest absolute Gasteiger partial charge is 0.411 e. The van der Waals surface area contributed by atoms with Crippen molar-refractivity contribution in [3.63, 3.8) is 0 Å². The monoisotopic (exact) mass is 402 g/mol. The van der Waals surface area contributed by atoms with E-state index >= 15 is 0 Å². The average Bonchev–Trinajstić information content (AvgIpc) is 3.34. The van der Waals surface area contributed by atoms with Gasteiger partial charge in [0.2, 0.25) is 0 Å². The molecule has 3 heterocycles. The van der Waals surface area contributed by atoms with Crippen LogP contribution in [0.1, 0.15) is 39.7 Å². The molecule has 27 heavy (non-hydrogen) atoms. The van der Waals surface area contributed by atoms with Crippen molar-refractivity contribution in [2.24, 2.45) is 0 Å². The molecule has 7 heteroatoms. The molecular weight excluding hydrogens is 384 g/mol. The van der Waals surface area contributed by atoms with Crippen LogP contribution in [0.5, 0.6) is 0 Å². The second kappa shape index (κ2) is 6.53. The van der Waals surface area contributed by atoms with Crippen LogP contribution in [0.4, 0.5) is 4.79 Å². The maximum absolute atomic E-state index is 12.7. The van der Waals surface area contributed by atoms with Crippen LogP contribution in [0.2, 0.25) is 5.02 Å². The van der Waals surface area contributed by atoms with E-state index < -0.39 is 0 Å². The maximum Gasteiger partial charge on any atom is 0.411 e. The number of hydrogen-bond acceptors (Lipinski definition) is 4. The van der Waals surface area contributed by atoms with Gasteiger partial charge >= 0.3 is 6.09 Å². The van der Waals surface area contributed by atoms with Crippen LogP contribution in [0, 0.1) is 0 Å². The van der Waals surface area contributed by atoms with Crippen molar-refractivity contribution in [3.05, 3.63) is 56.7 Å². The van der Waals surface area contributed by atoms with E-state index in [1.807, 2.05) is 27.3 Å². The number of halogens is 1. The summed E-state index contributed by atoms with van der Waals surface area (Å²) in [5.41, 5.74) is 2.47. The van der Waals surface area contributed by atoms with Crippen LogP contribution in [0.25, 0.3) is 0 Å². The Morgan fingerprint density at radius 2 is 1.96 bits per heavy atom. The second-order valence-electron chi connectivity index (χ2n) is 7.30. The van der Waals surface area contributed by atoms with Gasteiger partial charge < -0.3 is 9.64 Å². The number of benzene rings is 1. The summed E-state index contributed by atoms with van der Waals surface area (Å²) in [6.45, 7) is 1.25. The minimum atomic E-state index is -0.217. The van der Waals surface area contributed by atoms with Gasteiger partial charge in [0, 0.05) is 25.6 Å². The summed E-state index contributed by atoms with van der Waals surface area (Å²) >= 11 is 7.48. The molecule has 0 bridgehead atoms. The Morgan fingerprint density at radius 3 is 2.70 bits per heavy atom. The average molecular weight is 403 g/mol. The molecule has 0 N–H and O–H groups in total. The normalized spacial score (nSPS) is 24.7. The zero-order valence-corrected chi connectivity index (χ0v) is 16.2. The van der Waals surface area contributed by atoms with Crippen molar-refractivity contribution >= 4 is 34.9 Å². The van der Waals surface area contributed by atoms with Gasteiger partial charge in [-0.05, 0) is 35.4 Å². The van der Waals surface area contributed by atoms with E-state index in [4.69, 9.17) is 16.3 Å². The van der Waals surface area contributed by atoms with Gasteiger partial charge in [-0.15, -0.1) is 11.3 Å². The molecule has 3 aliphatic rings. The number of amides is 2. The third-order valence-electron chi connectivity index (χ3n) is 5.87. The van der Waals surface area contributed by atoms with Crippen molar-refractivity contribution < 1.29 is 14.3 Å². The highest BCUT2D eigenvalue weighted by Crippen LogP contribution is 2.44. The molecule has 0 spiro atoms. The summed E-state index contributed by atoms with van der Waals surface area (Å²) in [7, 11) is 0. The molecule has 1 aromatic heterocycles. The summed E-state index contributed by atoms with van der Waals surface area (Å²) in [5, 5.41) is 2.35. The van der Waals surface area contributed by atoms with Gasteiger partial charge in [0.1, 0.15) is 11.0 Å². The number of carbonyl (C=O) groups excluding carboxylic acids is 2. The largest absolute Gasteiger partial charge is 0.443 e. The maximum atomic E-state index is 12.7. The Kier molecular flexibility index (Phi) is 4.13. The number of hydrogen-bond donors (Lipinski definition) is 0. The Hall–Kier alpha value is -2.05. The number of likely N-dealkylation sites (tertiary alicyclic amines) is 1. The predicted octanol–water partition coefficient (Wildman–Crippen LogP) is 4.12. The van der Waals surface area contributed by atoms with Crippen molar-refractivity contribution in [1.29, 1.82) is 0 Å². The van der Waals surface area contributed by atoms with E-state index in [-0.39, 0.29) is 30.2 Å². The van der Waals surface area contributed by atoms with E-state index in [9.17, 15) is 9.59 Å². The number of piperidine rings is 1. The van der Waals surface area contributed by atoms with Crippen LogP contribution in [-0.2, 0) is 11.2 Å². The van der Waals surface area contributed by atoms with Crippen LogP contribution in [-0.4, -0.2) is 47.0 Å². The van der Waals surface area contributed by atoms with Gasteiger partial charge in [-0.1, -0.05) is 35.9 Å². The van der Waals surface area contributed by atoms with E-state index in [2.05, 4.69) is 12.1 Å².